The number of hydrogen-bond acceptors (Lipinski definition) is 5. The Balaban J connectivity index is 1.50. The maximum absolute atomic E-state index is 12.5. The maximum Gasteiger partial charge on any atom is 0.325 e. The van der Waals surface area contributed by atoms with Crippen LogP contribution < -0.4 is 5.32 Å². The van der Waals surface area contributed by atoms with Crippen LogP contribution in [0.4, 0.5) is 0 Å². The second-order valence-electron chi connectivity index (χ2n) is 7.13. The molecule has 4 rings (SSSR count). The number of esters is 2. The summed E-state index contributed by atoms with van der Waals surface area (Å²) < 4.78 is 9.68. The number of nitrogens with one attached hydrogen (secondary N) is 1. The first-order chi connectivity index (χ1) is 10.5. The van der Waals surface area contributed by atoms with Crippen LogP contribution in [-0.2, 0) is 23.9 Å². The van der Waals surface area contributed by atoms with E-state index in [4.69, 9.17) is 4.74 Å². The molecule has 0 radical (unpaired) electrons. The van der Waals surface area contributed by atoms with Crippen molar-refractivity contribution in [2.45, 2.75) is 38.5 Å². The first kappa shape index (κ1) is 15.3. The molecule has 0 aromatic rings. The molecule has 4 bridgehead atoms. The van der Waals surface area contributed by atoms with Gasteiger partial charge < -0.3 is 14.8 Å². The van der Waals surface area contributed by atoms with Crippen LogP contribution in [0.3, 0.4) is 0 Å². The van der Waals surface area contributed by atoms with Crippen LogP contribution in [-0.4, -0.2) is 38.1 Å². The SMILES string of the molecule is COC(=O)CNC(=O)COC(=O)C12CC3CC(CC(C3)C1)C2. The lowest BCUT2D eigenvalue weighted by Crippen LogP contribution is -2.51. The smallest absolute Gasteiger partial charge is 0.325 e. The largest absolute Gasteiger partial charge is 0.468 e. The summed E-state index contributed by atoms with van der Waals surface area (Å²) in [5, 5.41) is 2.37. The van der Waals surface area contributed by atoms with Crippen LogP contribution in [0.15, 0.2) is 0 Å². The predicted molar refractivity (Wildman–Crippen MR) is 76.6 cm³/mol. The number of hydrogen-bond donors (Lipinski definition) is 1. The van der Waals surface area contributed by atoms with Gasteiger partial charge in [-0.3, -0.25) is 14.4 Å². The Morgan fingerprint density at radius 1 is 1.05 bits per heavy atom. The van der Waals surface area contributed by atoms with E-state index in [9.17, 15) is 14.4 Å². The minimum absolute atomic E-state index is 0.204. The molecule has 0 atom stereocenters. The summed E-state index contributed by atoms with van der Waals surface area (Å²) in [4.78, 5) is 35.0. The van der Waals surface area contributed by atoms with Crippen molar-refractivity contribution in [2.24, 2.45) is 23.2 Å². The Bertz CT molecular complexity index is 452. The fourth-order valence-corrected chi connectivity index (χ4v) is 4.94. The van der Waals surface area contributed by atoms with Crippen LogP contribution in [0.5, 0.6) is 0 Å². The van der Waals surface area contributed by atoms with Gasteiger partial charge in [-0.05, 0) is 56.3 Å². The molecule has 4 aliphatic carbocycles. The third-order valence-electron chi connectivity index (χ3n) is 5.46. The number of methoxy groups -OCH3 is 1. The lowest BCUT2D eigenvalue weighted by Gasteiger charge is -2.55. The van der Waals surface area contributed by atoms with Gasteiger partial charge in [0, 0.05) is 0 Å². The molecule has 0 heterocycles. The molecular weight excluding hydrogens is 286 g/mol. The van der Waals surface area contributed by atoms with E-state index in [0.717, 1.165) is 19.3 Å². The minimum atomic E-state index is -0.527. The van der Waals surface area contributed by atoms with Gasteiger partial charge in [0.05, 0.1) is 12.5 Å². The molecule has 1 N–H and O–H groups in total. The van der Waals surface area contributed by atoms with Gasteiger partial charge in [0.1, 0.15) is 6.54 Å². The highest BCUT2D eigenvalue weighted by molar-refractivity contribution is 5.85. The van der Waals surface area contributed by atoms with Gasteiger partial charge in [-0.25, -0.2) is 0 Å². The van der Waals surface area contributed by atoms with Gasteiger partial charge in [0.15, 0.2) is 6.61 Å². The summed E-state index contributed by atoms with van der Waals surface area (Å²) >= 11 is 0. The van der Waals surface area contributed by atoms with Gasteiger partial charge in [-0.1, -0.05) is 0 Å². The Morgan fingerprint density at radius 2 is 1.59 bits per heavy atom. The summed E-state index contributed by atoms with van der Waals surface area (Å²) in [6.07, 6.45) is 6.52. The molecule has 0 unspecified atom stereocenters. The minimum Gasteiger partial charge on any atom is -0.468 e. The van der Waals surface area contributed by atoms with E-state index in [-0.39, 0.29) is 24.5 Å². The van der Waals surface area contributed by atoms with Crippen molar-refractivity contribution in [3.63, 3.8) is 0 Å². The van der Waals surface area contributed by atoms with Crippen molar-refractivity contribution in [3.8, 4) is 0 Å². The highest BCUT2D eigenvalue weighted by atomic mass is 16.5. The van der Waals surface area contributed by atoms with Crippen LogP contribution in [0.25, 0.3) is 0 Å². The normalized spacial score (nSPS) is 35.0. The highest BCUT2D eigenvalue weighted by Crippen LogP contribution is 2.60. The quantitative estimate of drug-likeness (QED) is 0.767. The zero-order valence-corrected chi connectivity index (χ0v) is 12.9. The molecule has 4 saturated carbocycles. The Kier molecular flexibility index (Phi) is 4.10. The summed E-state index contributed by atoms with van der Waals surface area (Å²) in [5.74, 6) is 0.759. The maximum atomic E-state index is 12.5. The summed E-state index contributed by atoms with van der Waals surface area (Å²) in [5.41, 5.74) is -0.350. The Hall–Kier alpha value is -1.59. The zero-order valence-electron chi connectivity index (χ0n) is 12.9. The molecule has 6 heteroatoms. The summed E-state index contributed by atoms with van der Waals surface area (Å²) in [7, 11) is 1.25. The van der Waals surface area contributed by atoms with E-state index in [1.165, 1.54) is 26.4 Å². The molecule has 22 heavy (non-hydrogen) atoms. The fraction of sp³-hybridized carbons (Fsp3) is 0.812. The first-order valence-electron chi connectivity index (χ1n) is 8.01. The van der Waals surface area contributed by atoms with Crippen molar-refractivity contribution in [3.05, 3.63) is 0 Å². The van der Waals surface area contributed by atoms with Crippen LogP contribution >= 0.6 is 0 Å². The van der Waals surface area contributed by atoms with Crippen molar-refractivity contribution in [1.29, 1.82) is 0 Å². The van der Waals surface area contributed by atoms with Crippen LogP contribution in [0, 0.1) is 23.2 Å². The molecule has 0 aromatic heterocycles. The van der Waals surface area contributed by atoms with E-state index in [1.807, 2.05) is 0 Å². The van der Waals surface area contributed by atoms with Crippen molar-refractivity contribution < 1.29 is 23.9 Å². The average Bonchev–Trinajstić information content (AvgIpc) is 2.48. The van der Waals surface area contributed by atoms with Gasteiger partial charge in [0.25, 0.3) is 5.91 Å². The molecule has 0 aliphatic heterocycles. The van der Waals surface area contributed by atoms with E-state index >= 15 is 0 Å². The third kappa shape index (κ3) is 2.96. The van der Waals surface area contributed by atoms with Crippen molar-refractivity contribution in [2.75, 3.05) is 20.3 Å². The molecule has 1 amide bonds. The second-order valence-corrected chi connectivity index (χ2v) is 7.13. The number of carbonyl (C=O) groups excluding carboxylic acids is 3. The molecule has 6 nitrogen and oxygen atoms in total. The lowest BCUT2D eigenvalue weighted by atomic mass is 9.49. The Labute approximate surface area is 129 Å². The lowest BCUT2D eigenvalue weighted by molar-refractivity contribution is -0.173. The zero-order chi connectivity index (χ0) is 15.7. The summed E-state index contributed by atoms with van der Waals surface area (Å²) in [6.45, 7) is -0.526. The number of amides is 1. The van der Waals surface area contributed by atoms with E-state index in [1.54, 1.807) is 0 Å². The predicted octanol–water partition coefficient (Wildman–Crippen LogP) is 1.04. The first-order valence-corrected chi connectivity index (χ1v) is 8.01. The Morgan fingerprint density at radius 3 is 2.09 bits per heavy atom. The topological polar surface area (TPSA) is 81.7 Å². The second kappa shape index (κ2) is 5.89. The fourth-order valence-electron chi connectivity index (χ4n) is 4.94. The molecule has 4 fully saturated rings. The van der Waals surface area contributed by atoms with E-state index in [0.29, 0.717) is 17.8 Å². The van der Waals surface area contributed by atoms with Gasteiger partial charge in [-0.2, -0.15) is 0 Å². The highest BCUT2D eigenvalue weighted by Gasteiger charge is 2.55. The van der Waals surface area contributed by atoms with E-state index < -0.39 is 11.9 Å². The molecular formula is C16H23NO5. The van der Waals surface area contributed by atoms with Crippen LogP contribution in [0.2, 0.25) is 0 Å². The standard InChI is InChI=1S/C16H23NO5/c1-21-14(19)8-17-13(18)9-22-15(20)16-5-10-2-11(6-16)4-12(3-10)7-16/h10-12H,2-9H2,1H3,(H,17,18). The van der Waals surface area contributed by atoms with Gasteiger partial charge in [-0.15, -0.1) is 0 Å². The molecule has 0 saturated heterocycles. The molecule has 0 aromatic carbocycles. The van der Waals surface area contributed by atoms with Crippen LogP contribution in [0.1, 0.15) is 38.5 Å². The average molecular weight is 309 g/mol. The molecule has 0 spiro atoms. The third-order valence-corrected chi connectivity index (χ3v) is 5.46. The van der Waals surface area contributed by atoms with Gasteiger partial charge >= 0.3 is 11.9 Å². The number of ether oxygens (including phenoxy) is 2. The summed E-state index contributed by atoms with van der Waals surface area (Å²) in [6, 6.07) is 0. The van der Waals surface area contributed by atoms with Crippen molar-refractivity contribution >= 4 is 17.8 Å². The molecule has 4 aliphatic rings. The number of carbonyl (C=O) groups is 3. The number of rotatable bonds is 5. The monoisotopic (exact) mass is 309 g/mol. The van der Waals surface area contributed by atoms with Crippen molar-refractivity contribution in [1.82, 2.24) is 5.32 Å². The van der Waals surface area contributed by atoms with E-state index in [2.05, 4.69) is 10.1 Å². The molecule has 122 valence electrons. The van der Waals surface area contributed by atoms with Gasteiger partial charge in [0.2, 0.25) is 0 Å².